The number of hydrogen-bond acceptors (Lipinski definition) is 5. The van der Waals surface area contributed by atoms with Crippen LogP contribution in [0.15, 0.2) is 18.5 Å². The second-order valence-electron chi connectivity index (χ2n) is 4.26. The van der Waals surface area contributed by atoms with Gasteiger partial charge >= 0.3 is 0 Å². The van der Waals surface area contributed by atoms with E-state index in [1.807, 2.05) is 30.7 Å². The molecule has 108 valence electrons. The molecule has 6 nitrogen and oxygen atoms in total. The first-order chi connectivity index (χ1) is 9.78. The fourth-order valence-electron chi connectivity index (χ4n) is 1.94. The van der Waals surface area contributed by atoms with Gasteiger partial charge in [-0.1, -0.05) is 6.92 Å². The van der Waals surface area contributed by atoms with Gasteiger partial charge in [-0.05, 0) is 13.8 Å². The SMILES string of the molecule is CCNc1cc(-n2ccnc2CC)nc(COCC)n1. The standard InChI is InChI=1S/C14H21N5O/c1-4-13-16-7-8-19(13)14-9-11(15-5-2)17-12(18-14)10-20-6-3/h7-9H,4-6,10H2,1-3H3,(H,15,17,18). The summed E-state index contributed by atoms with van der Waals surface area (Å²) in [6.07, 6.45) is 4.56. The molecule has 0 amide bonds. The van der Waals surface area contributed by atoms with E-state index in [0.29, 0.717) is 19.0 Å². The largest absolute Gasteiger partial charge is 0.374 e. The van der Waals surface area contributed by atoms with Crippen molar-refractivity contribution in [1.29, 1.82) is 0 Å². The number of anilines is 1. The van der Waals surface area contributed by atoms with Crippen LogP contribution in [0.3, 0.4) is 0 Å². The van der Waals surface area contributed by atoms with Gasteiger partial charge in [0.2, 0.25) is 0 Å². The van der Waals surface area contributed by atoms with Crippen molar-refractivity contribution < 1.29 is 4.74 Å². The zero-order chi connectivity index (χ0) is 14.4. The highest BCUT2D eigenvalue weighted by Gasteiger charge is 2.09. The van der Waals surface area contributed by atoms with Crippen LogP contribution in [0.25, 0.3) is 5.82 Å². The molecular formula is C14H21N5O. The molecule has 2 heterocycles. The molecule has 0 aliphatic rings. The second-order valence-corrected chi connectivity index (χ2v) is 4.26. The third kappa shape index (κ3) is 3.33. The molecule has 0 saturated heterocycles. The minimum Gasteiger partial charge on any atom is -0.374 e. The molecule has 0 aliphatic carbocycles. The van der Waals surface area contributed by atoms with E-state index >= 15 is 0 Å². The first-order valence-corrected chi connectivity index (χ1v) is 7.00. The van der Waals surface area contributed by atoms with Crippen LogP contribution in [0.5, 0.6) is 0 Å². The van der Waals surface area contributed by atoms with Gasteiger partial charge < -0.3 is 10.1 Å². The zero-order valence-corrected chi connectivity index (χ0v) is 12.3. The van der Waals surface area contributed by atoms with Crippen LogP contribution in [-0.2, 0) is 17.8 Å². The van der Waals surface area contributed by atoms with Crippen molar-refractivity contribution in [1.82, 2.24) is 19.5 Å². The molecule has 0 radical (unpaired) electrons. The van der Waals surface area contributed by atoms with Crippen molar-refractivity contribution in [2.24, 2.45) is 0 Å². The summed E-state index contributed by atoms with van der Waals surface area (Å²) in [6.45, 7) is 7.95. The number of nitrogens with zero attached hydrogens (tertiary/aromatic N) is 4. The monoisotopic (exact) mass is 275 g/mol. The van der Waals surface area contributed by atoms with Gasteiger partial charge in [0.25, 0.3) is 0 Å². The van der Waals surface area contributed by atoms with Gasteiger partial charge in [0, 0.05) is 38.0 Å². The number of aromatic nitrogens is 4. The molecule has 1 N–H and O–H groups in total. The van der Waals surface area contributed by atoms with Crippen LogP contribution in [0.4, 0.5) is 5.82 Å². The van der Waals surface area contributed by atoms with Gasteiger partial charge in [0.05, 0.1) is 0 Å². The molecular weight excluding hydrogens is 254 g/mol. The molecule has 0 bridgehead atoms. The molecule has 2 aromatic heterocycles. The molecule has 0 fully saturated rings. The Bertz CT molecular complexity index is 552. The van der Waals surface area contributed by atoms with E-state index in [2.05, 4.69) is 27.2 Å². The van der Waals surface area contributed by atoms with E-state index in [9.17, 15) is 0 Å². The Kier molecular flexibility index (Phi) is 5.06. The maximum Gasteiger partial charge on any atom is 0.158 e. The first kappa shape index (κ1) is 14.5. The average Bonchev–Trinajstić information content (AvgIpc) is 2.93. The van der Waals surface area contributed by atoms with Crippen molar-refractivity contribution in [2.45, 2.75) is 33.8 Å². The van der Waals surface area contributed by atoms with E-state index in [1.165, 1.54) is 0 Å². The maximum absolute atomic E-state index is 5.40. The number of nitrogens with one attached hydrogen (secondary N) is 1. The molecule has 6 heteroatoms. The lowest BCUT2D eigenvalue weighted by Gasteiger charge is -2.11. The summed E-state index contributed by atoms with van der Waals surface area (Å²) in [5.74, 6) is 3.28. The Balaban J connectivity index is 2.38. The lowest BCUT2D eigenvalue weighted by atomic mass is 10.4. The highest BCUT2D eigenvalue weighted by atomic mass is 16.5. The summed E-state index contributed by atoms with van der Waals surface area (Å²) >= 11 is 0. The number of rotatable bonds is 7. The van der Waals surface area contributed by atoms with Gasteiger partial charge in [-0.2, -0.15) is 0 Å². The molecule has 0 spiro atoms. The Morgan fingerprint density at radius 2 is 2.10 bits per heavy atom. The predicted molar refractivity (Wildman–Crippen MR) is 78.0 cm³/mol. The first-order valence-electron chi connectivity index (χ1n) is 7.00. The van der Waals surface area contributed by atoms with Crippen molar-refractivity contribution >= 4 is 5.82 Å². The normalized spacial score (nSPS) is 10.8. The van der Waals surface area contributed by atoms with E-state index in [-0.39, 0.29) is 0 Å². The Hall–Kier alpha value is -1.95. The van der Waals surface area contributed by atoms with Crippen LogP contribution < -0.4 is 5.32 Å². The van der Waals surface area contributed by atoms with Crippen LogP contribution in [-0.4, -0.2) is 32.7 Å². The average molecular weight is 275 g/mol. The van der Waals surface area contributed by atoms with Crippen molar-refractivity contribution in [3.63, 3.8) is 0 Å². The number of hydrogen-bond donors (Lipinski definition) is 1. The third-order valence-corrected chi connectivity index (χ3v) is 2.83. The van der Waals surface area contributed by atoms with Crippen molar-refractivity contribution in [3.8, 4) is 5.82 Å². The minimum atomic E-state index is 0.416. The number of ether oxygens (including phenoxy) is 1. The lowest BCUT2D eigenvalue weighted by Crippen LogP contribution is -2.10. The summed E-state index contributed by atoms with van der Waals surface area (Å²) < 4.78 is 7.39. The Labute approximate surface area is 119 Å². The summed E-state index contributed by atoms with van der Waals surface area (Å²) in [5.41, 5.74) is 0. The molecule has 20 heavy (non-hydrogen) atoms. The van der Waals surface area contributed by atoms with Crippen LogP contribution >= 0.6 is 0 Å². The Morgan fingerprint density at radius 1 is 1.25 bits per heavy atom. The minimum absolute atomic E-state index is 0.416. The van der Waals surface area contributed by atoms with Gasteiger partial charge in [-0.15, -0.1) is 0 Å². The predicted octanol–water partition coefficient (Wildman–Crippen LogP) is 2.19. The molecule has 2 rings (SSSR count). The summed E-state index contributed by atoms with van der Waals surface area (Å²) in [6, 6.07) is 1.93. The molecule has 0 atom stereocenters. The lowest BCUT2D eigenvalue weighted by molar-refractivity contribution is 0.128. The highest BCUT2D eigenvalue weighted by Crippen LogP contribution is 2.14. The summed E-state index contributed by atoms with van der Waals surface area (Å²) in [7, 11) is 0. The fourth-order valence-corrected chi connectivity index (χ4v) is 1.94. The van der Waals surface area contributed by atoms with E-state index in [0.717, 1.165) is 30.4 Å². The number of aryl methyl sites for hydroxylation is 1. The highest BCUT2D eigenvalue weighted by molar-refractivity contribution is 5.42. The Morgan fingerprint density at radius 3 is 2.80 bits per heavy atom. The summed E-state index contributed by atoms with van der Waals surface area (Å²) in [4.78, 5) is 13.3. The second kappa shape index (κ2) is 7.00. The summed E-state index contributed by atoms with van der Waals surface area (Å²) in [5, 5.41) is 3.22. The fraction of sp³-hybridized carbons (Fsp3) is 0.500. The molecule has 0 saturated carbocycles. The topological polar surface area (TPSA) is 64.9 Å². The molecule has 0 aliphatic heterocycles. The zero-order valence-electron chi connectivity index (χ0n) is 12.3. The van der Waals surface area contributed by atoms with Gasteiger partial charge in [-0.3, -0.25) is 4.57 Å². The van der Waals surface area contributed by atoms with Gasteiger partial charge in [0.15, 0.2) is 5.82 Å². The van der Waals surface area contributed by atoms with Crippen molar-refractivity contribution in [2.75, 3.05) is 18.5 Å². The maximum atomic E-state index is 5.40. The van der Waals surface area contributed by atoms with E-state index in [1.54, 1.807) is 6.20 Å². The van der Waals surface area contributed by atoms with Crippen LogP contribution in [0, 0.1) is 0 Å². The van der Waals surface area contributed by atoms with Crippen LogP contribution in [0.1, 0.15) is 32.4 Å². The molecule has 0 unspecified atom stereocenters. The molecule has 2 aromatic rings. The van der Waals surface area contributed by atoms with Gasteiger partial charge in [0.1, 0.15) is 24.1 Å². The molecule has 0 aromatic carbocycles. The quantitative estimate of drug-likeness (QED) is 0.839. The third-order valence-electron chi connectivity index (χ3n) is 2.83. The smallest absolute Gasteiger partial charge is 0.158 e. The van der Waals surface area contributed by atoms with E-state index < -0.39 is 0 Å². The van der Waals surface area contributed by atoms with Crippen molar-refractivity contribution in [3.05, 3.63) is 30.1 Å². The number of imidazole rings is 1. The van der Waals surface area contributed by atoms with Gasteiger partial charge in [-0.25, -0.2) is 15.0 Å². The van der Waals surface area contributed by atoms with Crippen LogP contribution in [0.2, 0.25) is 0 Å². The van der Waals surface area contributed by atoms with E-state index in [4.69, 9.17) is 4.74 Å².